The molecule has 0 bridgehead atoms. The van der Waals surface area contributed by atoms with E-state index in [0.717, 1.165) is 5.56 Å². The van der Waals surface area contributed by atoms with Crippen LogP contribution in [0, 0.1) is 18.6 Å². The summed E-state index contributed by atoms with van der Waals surface area (Å²) in [7, 11) is 0. The number of carbonyl (C=O) groups excluding carboxylic acids is 2. The number of halogens is 2. The van der Waals surface area contributed by atoms with Crippen LogP contribution in [0.25, 0.3) is 0 Å². The zero-order valence-corrected chi connectivity index (χ0v) is 13.0. The maximum Gasteiger partial charge on any atom is 0.315 e. The van der Waals surface area contributed by atoms with E-state index in [1.54, 1.807) is 19.1 Å². The Morgan fingerprint density at radius 2 is 1.62 bits per heavy atom. The molecule has 0 atom stereocenters. The molecule has 0 aliphatic heterocycles. The van der Waals surface area contributed by atoms with E-state index in [2.05, 4.69) is 16.0 Å². The number of anilines is 1. The van der Waals surface area contributed by atoms with Gasteiger partial charge in [-0.3, -0.25) is 4.79 Å². The van der Waals surface area contributed by atoms with Crippen LogP contribution >= 0.6 is 0 Å². The lowest BCUT2D eigenvalue weighted by atomic mass is 10.2. The molecule has 3 amide bonds. The van der Waals surface area contributed by atoms with Crippen molar-refractivity contribution >= 4 is 17.6 Å². The number of aryl methyl sites for hydroxylation is 1. The fraction of sp³-hybridized carbons (Fsp3) is 0.176. The first-order valence-corrected chi connectivity index (χ1v) is 7.26. The van der Waals surface area contributed by atoms with Gasteiger partial charge in [-0.1, -0.05) is 12.1 Å². The van der Waals surface area contributed by atoms with E-state index >= 15 is 0 Å². The van der Waals surface area contributed by atoms with Crippen LogP contribution in [0.15, 0.2) is 42.5 Å². The summed E-state index contributed by atoms with van der Waals surface area (Å²) < 4.78 is 25.7. The molecule has 3 N–H and O–H groups in total. The fourth-order valence-electron chi connectivity index (χ4n) is 1.97. The zero-order valence-electron chi connectivity index (χ0n) is 13.0. The van der Waals surface area contributed by atoms with E-state index in [4.69, 9.17) is 0 Å². The van der Waals surface area contributed by atoms with Gasteiger partial charge in [0, 0.05) is 12.2 Å². The number of hydrogen-bond acceptors (Lipinski definition) is 2. The van der Waals surface area contributed by atoms with E-state index in [0.29, 0.717) is 11.3 Å². The van der Waals surface area contributed by atoms with E-state index < -0.39 is 11.9 Å². The Morgan fingerprint density at radius 1 is 0.958 bits per heavy atom. The molecule has 0 saturated carbocycles. The minimum absolute atomic E-state index is 0.213. The first-order chi connectivity index (χ1) is 11.4. The summed E-state index contributed by atoms with van der Waals surface area (Å²) in [4.78, 5) is 23.4. The topological polar surface area (TPSA) is 70.2 Å². The fourth-order valence-corrected chi connectivity index (χ4v) is 1.97. The van der Waals surface area contributed by atoms with Crippen molar-refractivity contribution in [3.05, 3.63) is 65.2 Å². The van der Waals surface area contributed by atoms with E-state index in [1.807, 2.05) is 0 Å². The van der Waals surface area contributed by atoms with Crippen LogP contribution < -0.4 is 16.0 Å². The number of amides is 3. The number of nitrogens with one attached hydrogen (secondary N) is 3. The molecule has 24 heavy (non-hydrogen) atoms. The van der Waals surface area contributed by atoms with Gasteiger partial charge in [0.05, 0.1) is 6.54 Å². The van der Waals surface area contributed by atoms with Gasteiger partial charge in [-0.05, 0) is 48.4 Å². The van der Waals surface area contributed by atoms with Crippen molar-refractivity contribution in [1.82, 2.24) is 10.6 Å². The predicted octanol–water partition coefficient (Wildman–Crippen LogP) is 2.71. The molecule has 0 saturated heterocycles. The quantitative estimate of drug-likeness (QED) is 0.787. The molecule has 0 aromatic heterocycles. The zero-order chi connectivity index (χ0) is 17.5. The second-order valence-electron chi connectivity index (χ2n) is 5.17. The van der Waals surface area contributed by atoms with Gasteiger partial charge in [0.2, 0.25) is 5.91 Å². The lowest BCUT2D eigenvalue weighted by molar-refractivity contribution is -0.115. The molecule has 0 radical (unpaired) electrons. The molecule has 2 rings (SSSR count). The van der Waals surface area contributed by atoms with Crippen LogP contribution in [0.4, 0.5) is 19.3 Å². The smallest absolute Gasteiger partial charge is 0.315 e. The number of urea groups is 1. The Morgan fingerprint density at radius 3 is 2.29 bits per heavy atom. The third-order valence-electron chi connectivity index (χ3n) is 3.24. The summed E-state index contributed by atoms with van der Waals surface area (Å²) in [5.74, 6) is -1.17. The second kappa shape index (κ2) is 8.05. The molecule has 0 aliphatic rings. The van der Waals surface area contributed by atoms with Crippen LogP contribution in [0.3, 0.4) is 0 Å². The molecule has 0 heterocycles. The van der Waals surface area contributed by atoms with Crippen molar-refractivity contribution in [2.75, 3.05) is 11.9 Å². The Kier molecular flexibility index (Phi) is 5.83. The van der Waals surface area contributed by atoms with Gasteiger partial charge in [-0.25, -0.2) is 13.6 Å². The Balaban J connectivity index is 1.74. The van der Waals surface area contributed by atoms with Crippen LogP contribution in [-0.2, 0) is 11.3 Å². The lowest BCUT2D eigenvalue weighted by Crippen LogP contribution is -2.39. The monoisotopic (exact) mass is 333 g/mol. The molecular formula is C17H17F2N3O2. The molecule has 2 aromatic rings. The highest BCUT2D eigenvalue weighted by molar-refractivity contribution is 5.94. The van der Waals surface area contributed by atoms with Crippen LogP contribution in [0.5, 0.6) is 0 Å². The normalized spacial score (nSPS) is 10.1. The van der Waals surface area contributed by atoms with E-state index in [1.165, 1.54) is 30.3 Å². The highest BCUT2D eigenvalue weighted by Gasteiger charge is 2.07. The van der Waals surface area contributed by atoms with Crippen molar-refractivity contribution in [3.63, 3.8) is 0 Å². The van der Waals surface area contributed by atoms with Gasteiger partial charge in [0.25, 0.3) is 0 Å². The standard InChI is InChI=1S/C17H17F2N3O2/c1-11-8-14(19)6-7-15(11)22-16(23)10-21-17(24)20-9-12-2-4-13(18)5-3-12/h2-8H,9-10H2,1H3,(H,22,23)(H2,20,21,24). The summed E-state index contributed by atoms with van der Waals surface area (Å²) in [5, 5.41) is 7.54. The minimum Gasteiger partial charge on any atom is -0.334 e. The maximum absolute atomic E-state index is 13.0. The lowest BCUT2D eigenvalue weighted by Gasteiger charge is -2.10. The SMILES string of the molecule is Cc1cc(F)ccc1NC(=O)CNC(=O)NCc1ccc(F)cc1. The van der Waals surface area contributed by atoms with Crippen LogP contribution in [0.1, 0.15) is 11.1 Å². The molecular weight excluding hydrogens is 316 g/mol. The molecule has 0 fully saturated rings. The summed E-state index contributed by atoms with van der Waals surface area (Å²) in [5.41, 5.74) is 1.80. The van der Waals surface area contributed by atoms with Gasteiger partial charge in [0.15, 0.2) is 0 Å². The van der Waals surface area contributed by atoms with E-state index in [9.17, 15) is 18.4 Å². The second-order valence-corrected chi connectivity index (χ2v) is 5.17. The third kappa shape index (κ3) is 5.35. The number of carbonyl (C=O) groups is 2. The highest BCUT2D eigenvalue weighted by atomic mass is 19.1. The first-order valence-electron chi connectivity index (χ1n) is 7.26. The van der Waals surface area contributed by atoms with E-state index in [-0.39, 0.29) is 24.7 Å². The largest absolute Gasteiger partial charge is 0.334 e. The van der Waals surface area contributed by atoms with Crippen LogP contribution in [0.2, 0.25) is 0 Å². The summed E-state index contributed by atoms with van der Waals surface area (Å²) >= 11 is 0. The summed E-state index contributed by atoms with van der Waals surface area (Å²) in [6, 6.07) is 9.19. The van der Waals surface area contributed by atoms with Crippen molar-refractivity contribution in [1.29, 1.82) is 0 Å². The molecule has 0 spiro atoms. The molecule has 2 aromatic carbocycles. The van der Waals surface area contributed by atoms with Crippen molar-refractivity contribution in [2.45, 2.75) is 13.5 Å². The van der Waals surface area contributed by atoms with Gasteiger partial charge >= 0.3 is 6.03 Å². The average Bonchev–Trinajstić information content (AvgIpc) is 2.55. The van der Waals surface area contributed by atoms with Crippen molar-refractivity contribution in [2.24, 2.45) is 0 Å². The first kappa shape index (κ1) is 17.4. The van der Waals surface area contributed by atoms with Gasteiger partial charge in [0.1, 0.15) is 11.6 Å². The molecule has 126 valence electrons. The Labute approximate surface area is 138 Å². The molecule has 0 unspecified atom stereocenters. The molecule has 5 nitrogen and oxygen atoms in total. The Hall–Kier alpha value is -2.96. The number of benzene rings is 2. The predicted molar refractivity (Wildman–Crippen MR) is 86.4 cm³/mol. The van der Waals surface area contributed by atoms with Gasteiger partial charge < -0.3 is 16.0 Å². The minimum atomic E-state index is -0.523. The van der Waals surface area contributed by atoms with Gasteiger partial charge in [-0.15, -0.1) is 0 Å². The van der Waals surface area contributed by atoms with Crippen molar-refractivity contribution in [3.8, 4) is 0 Å². The average molecular weight is 333 g/mol. The van der Waals surface area contributed by atoms with Crippen LogP contribution in [-0.4, -0.2) is 18.5 Å². The summed E-state index contributed by atoms with van der Waals surface area (Å²) in [6.07, 6.45) is 0. The number of rotatable bonds is 5. The molecule has 7 heteroatoms. The van der Waals surface area contributed by atoms with Gasteiger partial charge in [-0.2, -0.15) is 0 Å². The third-order valence-corrected chi connectivity index (χ3v) is 3.24. The Bertz CT molecular complexity index is 733. The van der Waals surface area contributed by atoms with Crippen molar-refractivity contribution < 1.29 is 18.4 Å². The number of hydrogen-bond donors (Lipinski definition) is 3. The highest BCUT2D eigenvalue weighted by Crippen LogP contribution is 2.15. The maximum atomic E-state index is 13.0. The molecule has 0 aliphatic carbocycles. The summed E-state index contributed by atoms with van der Waals surface area (Å²) in [6.45, 7) is 1.65.